The Bertz CT molecular complexity index is 667. The normalized spacial score (nSPS) is 17.2. The Morgan fingerprint density at radius 2 is 2.35 bits per heavy atom. The molecule has 6 heteroatoms. The quantitative estimate of drug-likeness (QED) is 0.860. The highest BCUT2D eigenvalue weighted by molar-refractivity contribution is 7.13. The molecule has 2 heterocycles. The number of nitrogens with zero attached hydrogens (tertiary/aromatic N) is 1. The van der Waals surface area contributed by atoms with Gasteiger partial charge in [0.25, 0.3) is 5.91 Å². The number of carbonyl (C=O) groups excluding carboxylic acids is 2. The second-order valence-corrected chi connectivity index (χ2v) is 5.48. The second-order valence-electron chi connectivity index (χ2n) is 4.59. The van der Waals surface area contributed by atoms with Crippen LogP contribution in [-0.4, -0.2) is 23.0 Å². The summed E-state index contributed by atoms with van der Waals surface area (Å²) in [5, 5.41) is 4.91. The molecule has 0 spiro atoms. The van der Waals surface area contributed by atoms with Crippen LogP contribution >= 0.6 is 11.3 Å². The average Bonchev–Trinajstić information content (AvgIpc) is 2.90. The summed E-state index contributed by atoms with van der Waals surface area (Å²) < 4.78 is 5.19. The minimum atomic E-state index is -0.805. The average molecular weight is 288 g/mol. The van der Waals surface area contributed by atoms with Crippen molar-refractivity contribution in [3.63, 3.8) is 0 Å². The highest BCUT2D eigenvalue weighted by Crippen LogP contribution is 2.23. The Kier molecular flexibility index (Phi) is 3.23. The van der Waals surface area contributed by atoms with Gasteiger partial charge in [-0.15, -0.1) is 11.3 Å². The zero-order valence-electron chi connectivity index (χ0n) is 10.8. The van der Waals surface area contributed by atoms with Gasteiger partial charge in [0.2, 0.25) is 0 Å². The first-order chi connectivity index (χ1) is 9.63. The fourth-order valence-corrected chi connectivity index (χ4v) is 2.67. The van der Waals surface area contributed by atoms with E-state index >= 15 is 0 Å². The van der Waals surface area contributed by atoms with E-state index in [1.165, 1.54) is 11.3 Å². The van der Waals surface area contributed by atoms with Gasteiger partial charge in [0, 0.05) is 18.0 Å². The van der Waals surface area contributed by atoms with Gasteiger partial charge in [0.1, 0.15) is 0 Å². The van der Waals surface area contributed by atoms with Crippen molar-refractivity contribution >= 4 is 28.3 Å². The molecule has 0 aliphatic carbocycles. The van der Waals surface area contributed by atoms with E-state index in [1.54, 1.807) is 17.6 Å². The van der Waals surface area contributed by atoms with Crippen LogP contribution in [0, 0.1) is 6.92 Å². The summed E-state index contributed by atoms with van der Waals surface area (Å²) in [6.07, 6.45) is 1.19. The smallest absolute Gasteiger partial charge is 0.339 e. The maximum Gasteiger partial charge on any atom is 0.339 e. The van der Waals surface area contributed by atoms with Crippen LogP contribution in [0.2, 0.25) is 0 Å². The molecular weight excluding hydrogens is 276 g/mol. The van der Waals surface area contributed by atoms with E-state index in [-0.39, 0.29) is 5.91 Å². The van der Waals surface area contributed by atoms with Gasteiger partial charge >= 0.3 is 5.97 Å². The summed E-state index contributed by atoms with van der Waals surface area (Å²) in [6.45, 7) is 1.95. The van der Waals surface area contributed by atoms with Gasteiger partial charge in [-0.25, -0.2) is 9.78 Å². The topological polar surface area (TPSA) is 68.3 Å². The first-order valence-corrected chi connectivity index (χ1v) is 7.02. The lowest BCUT2D eigenvalue weighted by Crippen LogP contribution is -2.38. The molecule has 0 fully saturated rings. The molecule has 1 aromatic heterocycles. The molecule has 0 radical (unpaired) electrons. The molecule has 1 atom stereocenters. The van der Waals surface area contributed by atoms with E-state index < -0.39 is 12.1 Å². The Morgan fingerprint density at radius 1 is 1.50 bits per heavy atom. The zero-order chi connectivity index (χ0) is 14.1. The van der Waals surface area contributed by atoms with Crippen molar-refractivity contribution < 1.29 is 14.3 Å². The van der Waals surface area contributed by atoms with E-state index in [2.05, 4.69) is 10.3 Å². The number of cyclic esters (lactones) is 1. The van der Waals surface area contributed by atoms with Crippen LogP contribution in [0.5, 0.6) is 0 Å². The Balaban J connectivity index is 1.80. The lowest BCUT2D eigenvalue weighted by atomic mass is 9.96. The molecule has 5 nitrogen and oxygen atoms in total. The van der Waals surface area contributed by atoms with Crippen molar-refractivity contribution in [1.82, 2.24) is 4.98 Å². The number of anilines is 1. The van der Waals surface area contributed by atoms with Gasteiger partial charge < -0.3 is 4.74 Å². The van der Waals surface area contributed by atoms with Crippen molar-refractivity contribution in [2.24, 2.45) is 0 Å². The highest BCUT2D eigenvalue weighted by atomic mass is 32.1. The fourth-order valence-electron chi connectivity index (χ4n) is 2.14. The van der Waals surface area contributed by atoms with Gasteiger partial charge in [-0.2, -0.15) is 0 Å². The van der Waals surface area contributed by atoms with Crippen LogP contribution in [-0.2, 0) is 16.0 Å². The van der Waals surface area contributed by atoms with E-state index in [9.17, 15) is 9.59 Å². The molecule has 0 saturated carbocycles. The third-order valence-corrected chi connectivity index (χ3v) is 3.78. The van der Waals surface area contributed by atoms with E-state index in [1.807, 2.05) is 19.1 Å². The number of amides is 1. The van der Waals surface area contributed by atoms with Crippen LogP contribution in [0.15, 0.2) is 29.8 Å². The maximum atomic E-state index is 12.1. The predicted molar refractivity (Wildman–Crippen MR) is 74.8 cm³/mol. The minimum absolute atomic E-state index is 0.347. The van der Waals surface area contributed by atoms with Crippen molar-refractivity contribution in [3.8, 4) is 0 Å². The predicted octanol–water partition coefficient (Wildman–Crippen LogP) is 2.17. The van der Waals surface area contributed by atoms with E-state index in [4.69, 9.17) is 4.74 Å². The number of esters is 1. The standard InChI is InChI=1S/C14H12N2O3S/c1-8-2-3-10-9(6-8)7-11(19-13(10)18)12(17)16-14-15-4-5-20-14/h2-6,11H,7H2,1H3,(H,15,16,17)/t11-/m0/s1. The van der Waals surface area contributed by atoms with Crippen LogP contribution in [0.4, 0.5) is 5.13 Å². The van der Waals surface area contributed by atoms with Crippen molar-refractivity contribution in [3.05, 3.63) is 46.5 Å². The number of hydrogen-bond acceptors (Lipinski definition) is 5. The number of aromatic nitrogens is 1. The summed E-state index contributed by atoms with van der Waals surface area (Å²) in [7, 11) is 0. The summed E-state index contributed by atoms with van der Waals surface area (Å²) in [5.74, 6) is -0.800. The molecule has 1 aromatic carbocycles. The number of carbonyl (C=O) groups is 2. The Hall–Kier alpha value is -2.21. The van der Waals surface area contributed by atoms with Gasteiger partial charge in [-0.3, -0.25) is 10.1 Å². The number of ether oxygens (including phenoxy) is 1. The molecule has 102 valence electrons. The summed E-state index contributed by atoms with van der Waals surface area (Å²) in [6, 6.07) is 5.51. The number of benzene rings is 1. The molecule has 1 amide bonds. The number of rotatable bonds is 2. The molecule has 1 aliphatic rings. The van der Waals surface area contributed by atoms with Gasteiger partial charge in [-0.1, -0.05) is 17.7 Å². The second kappa shape index (κ2) is 5.05. The molecule has 0 saturated heterocycles. The number of hydrogen-bond donors (Lipinski definition) is 1. The third kappa shape index (κ3) is 2.42. The summed E-state index contributed by atoms with van der Waals surface area (Å²) in [4.78, 5) is 28.0. The molecule has 0 unspecified atom stereocenters. The highest BCUT2D eigenvalue weighted by Gasteiger charge is 2.31. The van der Waals surface area contributed by atoms with Gasteiger partial charge in [0.15, 0.2) is 11.2 Å². The van der Waals surface area contributed by atoms with E-state index in [0.717, 1.165) is 11.1 Å². The van der Waals surface area contributed by atoms with Crippen LogP contribution in [0.25, 0.3) is 0 Å². The monoisotopic (exact) mass is 288 g/mol. The molecule has 1 N–H and O–H groups in total. The Morgan fingerprint density at radius 3 is 3.10 bits per heavy atom. The van der Waals surface area contributed by atoms with Crippen LogP contribution in [0.1, 0.15) is 21.5 Å². The van der Waals surface area contributed by atoms with Crippen molar-refractivity contribution in [2.75, 3.05) is 5.32 Å². The number of fused-ring (bicyclic) bond motifs is 1. The van der Waals surface area contributed by atoms with Crippen molar-refractivity contribution in [2.45, 2.75) is 19.4 Å². The number of nitrogens with one attached hydrogen (secondary N) is 1. The van der Waals surface area contributed by atoms with Crippen molar-refractivity contribution in [1.29, 1.82) is 0 Å². The lowest BCUT2D eigenvalue weighted by molar-refractivity contribution is -0.125. The SMILES string of the molecule is Cc1ccc2c(c1)C[C@@H](C(=O)Nc1nccs1)OC2=O. The first-order valence-electron chi connectivity index (χ1n) is 6.14. The molecule has 20 heavy (non-hydrogen) atoms. The third-order valence-electron chi connectivity index (χ3n) is 3.09. The lowest BCUT2D eigenvalue weighted by Gasteiger charge is -2.23. The van der Waals surface area contributed by atoms with Crippen LogP contribution in [0.3, 0.4) is 0 Å². The summed E-state index contributed by atoms with van der Waals surface area (Å²) >= 11 is 1.32. The van der Waals surface area contributed by atoms with Gasteiger partial charge in [0.05, 0.1) is 5.56 Å². The fraction of sp³-hybridized carbons (Fsp3) is 0.214. The first kappa shape index (κ1) is 12.8. The number of thiazole rings is 1. The Labute approximate surface area is 119 Å². The van der Waals surface area contributed by atoms with Crippen LogP contribution < -0.4 is 5.32 Å². The maximum absolute atomic E-state index is 12.1. The van der Waals surface area contributed by atoms with E-state index in [0.29, 0.717) is 17.1 Å². The molecule has 0 bridgehead atoms. The molecular formula is C14H12N2O3S. The minimum Gasteiger partial charge on any atom is -0.448 e. The number of aryl methyl sites for hydroxylation is 1. The molecule has 2 aromatic rings. The molecule has 3 rings (SSSR count). The van der Waals surface area contributed by atoms with Gasteiger partial charge in [-0.05, 0) is 18.6 Å². The summed E-state index contributed by atoms with van der Waals surface area (Å²) in [5.41, 5.74) is 2.44. The largest absolute Gasteiger partial charge is 0.448 e. The molecule has 1 aliphatic heterocycles. The zero-order valence-corrected chi connectivity index (χ0v) is 11.6.